The summed E-state index contributed by atoms with van der Waals surface area (Å²) in [6, 6.07) is 4.90. The summed E-state index contributed by atoms with van der Waals surface area (Å²) in [6.45, 7) is 2.53. The Kier molecular flexibility index (Phi) is 3.86. The number of hydrogen-bond acceptors (Lipinski definition) is 7. The van der Waals surface area contributed by atoms with Gasteiger partial charge in [-0.2, -0.15) is 0 Å². The molecule has 0 N–H and O–H groups in total. The number of benzene rings is 1. The second-order valence-corrected chi connectivity index (χ2v) is 4.29. The Balaban J connectivity index is 2.53. The molecule has 0 amide bonds. The van der Waals surface area contributed by atoms with E-state index in [0.29, 0.717) is 10.6 Å². The van der Waals surface area contributed by atoms with Gasteiger partial charge in [-0.1, -0.05) is 17.4 Å². The molecule has 97 valence electrons. The Morgan fingerprint density at radius 1 is 1.21 bits per heavy atom. The average molecular weight is 277 g/mol. The van der Waals surface area contributed by atoms with Crippen molar-refractivity contribution in [3.8, 4) is 22.1 Å². The van der Waals surface area contributed by atoms with Crippen LogP contribution in [0, 0.1) is 5.51 Å². The van der Waals surface area contributed by atoms with Gasteiger partial charge in [-0.05, 0) is 12.1 Å². The summed E-state index contributed by atoms with van der Waals surface area (Å²) in [6.07, 6.45) is 0. The normalized spacial score (nSPS) is 10.0. The summed E-state index contributed by atoms with van der Waals surface area (Å²) in [5.74, 6) is -0.713. The molecule has 0 saturated heterocycles. The van der Waals surface area contributed by atoms with Crippen molar-refractivity contribution in [1.29, 1.82) is 0 Å². The van der Waals surface area contributed by atoms with E-state index in [-0.39, 0.29) is 11.5 Å². The molecule has 2 aromatic rings. The van der Waals surface area contributed by atoms with Crippen molar-refractivity contribution in [3.05, 3.63) is 23.7 Å². The fourth-order valence-corrected chi connectivity index (χ4v) is 1.95. The molecule has 19 heavy (non-hydrogen) atoms. The molecule has 0 saturated carbocycles. The molecule has 0 aliphatic rings. The summed E-state index contributed by atoms with van der Waals surface area (Å²) < 4.78 is 10.1. The molecule has 0 unspecified atom stereocenters. The van der Waals surface area contributed by atoms with Crippen molar-refractivity contribution in [1.82, 2.24) is 10.2 Å². The van der Waals surface area contributed by atoms with Gasteiger partial charge in [0.05, 0.1) is 5.56 Å². The molecule has 0 aliphatic carbocycles. The van der Waals surface area contributed by atoms with Crippen LogP contribution in [-0.4, -0.2) is 22.1 Å². The highest BCUT2D eigenvalue weighted by molar-refractivity contribution is 7.12. The minimum absolute atomic E-state index is 0.148. The summed E-state index contributed by atoms with van der Waals surface area (Å²) >= 11 is 1.17. The van der Waals surface area contributed by atoms with Crippen LogP contribution in [-0.2, 0) is 9.59 Å². The highest BCUT2D eigenvalue weighted by atomic mass is 32.1. The van der Waals surface area contributed by atoms with Crippen molar-refractivity contribution in [2.45, 2.75) is 13.8 Å². The van der Waals surface area contributed by atoms with Gasteiger partial charge in [-0.15, -0.1) is 10.2 Å². The van der Waals surface area contributed by atoms with E-state index in [1.165, 1.54) is 31.3 Å². The lowest BCUT2D eigenvalue weighted by atomic mass is 10.2. The van der Waals surface area contributed by atoms with Crippen molar-refractivity contribution in [2.24, 2.45) is 0 Å². The molecule has 2 rings (SSSR count). The Labute approximate surface area is 113 Å². The van der Waals surface area contributed by atoms with Gasteiger partial charge in [0, 0.05) is 13.8 Å². The first kappa shape index (κ1) is 13.2. The molecule has 6 nitrogen and oxygen atoms in total. The van der Waals surface area contributed by atoms with E-state index in [9.17, 15) is 9.59 Å². The van der Waals surface area contributed by atoms with Crippen LogP contribution in [0.2, 0.25) is 0 Å². The van der Waals surface area contributed by atoms with Crippen LogP contribution in [0.5, 0.6) is 11.5 Å². The Morgan fingerprint density at radius 3 is 2.53 bits per heavy atom. The number of carbonyl (C=O) groups is 2. The summed E-state index contributed by atoms with van der Waals surface area (Å²) in [7, 11) is 0. The highest BCUT2D eigenvalue weighted by Crippen LogP contribution is 2.38. The van der Waals surface area contributed by atoms with Gasteiger partial charge in [0.15, 0.2) is 22.0 Å². The third kappa shape index (κ3) is 3.14. The maximum Gasteiger partial charge on any atom is 0.308 e. The standard InChI is InChI=1S/C12H9N2O4S/c1-7(15)17-10-5-3-4-9(11(10)18-8(2)16)12-14-13-6-19-12/h3-5H,1-2H3. The Bertz CT molecular complexity index is 610. The number of ether oxygens (including phenoxy) is 2. The first-order chi connectivity index (χ1) is 9.08. The molecule has 1 radical (unpaired) electrons. The second-order valence-electron chi connectivity index (χ2n) is 3.52. The lowest BCUT2D eigenvalue weighted by molar-refractivity contribution is -0.134. The number of para-hydroxylation sites is 1. The fourth-order valence-electron chi connectivity index (χ4n) is 1.43. The van der Waals surface area contributed by atoms with Crippen LogP contribution in [0.15, 0.2) is 18.2 Å². The zero-order chi connectivity index (χ0) is 13.8. The Hall–Kier alpha value is -2.28. The van der Waals surface area contributed by atoms with E-state index in [1.807, 2.05) is 0 Å². The molecule has 0 aliphatic heterocycles. The van der Waals surface area contributed by atoms with Crippen LogP contribution in [0.3, 0.4) is 0 Å². The molecule has 0 bridgehead atoms. The van der Waals surface area contributed by atoms with Gasteiger partial charge in [0.2, 0.25) is 0 Å². The van der Waals surface area contributed by atoms with Crippen molar-refractivity contribution in [2.75, 3.05) is 0 Å². The van der Waals surface area contributed by atoms with Crippen LogP contribution in [0.4, 0.5) is 0 Å². The fraction of sp³-hybridized carbons (Fsp3) is 0.167. The van der Waals surface area contributed by atoms with Crippen molar-refractivity contribution >= 4 is 23.3 Å². The number of hydrogen-bond donors (Lipinski definition) is 0. The summed E-state index contributed by atoms with van der Waals surface area (Å²) in [5.41, 5.74) is 3.12. The topological polar surface area (TPSA) is 78.4 Å². The predicted octanol–water partition coefficient (Wildman–Crippen LogP) is 1.86. The SMILES string of the molecule is CC(=O)Oc1cccc(-c2nn[c]s2)c1OC(C)=O. The van der Waals surface area contributed by atoms with Crippen molar-refractivity contribution < 1.29 is 19.1 Å². The van der Waals surface area contributed by atoms with Gasteiger partial charge in [0.25, 0.3) is 0 Å². The monoisotopic (exact) mass is 277 g/mol. The maximum absolute atomic E-state index is 11.2. The van der Waals surface area contributed by atoms with E-state index in [0.717, 1.165) is 0 Å². The largest absolute Gasteiger partial charge is 0.423 e. The van der Waals surface area contributed by atoms with Crippen LogP contribution < -0.4 is 9.47 Å². The molecule has 1 heterocycles. The van der Waals surface area contributed by atoms with E-state index >= 15 is 0 Å². The highest BCUT2D eigenvalue weighted by Gasteiger charge is 2.18. The molecular formula is C12H9N2O4S. The van der Waals surface area contributed by atoms with E-state index < -0.39 is 11.9 Å². The van der Waals surface area contributed by atoms with E-state index in [2.05, 4.69) is 15.7 Å². The van der Waals surface area contributed by atoms with Gasteiger partial charge < -0.3 is 9.47 Å². The third-order valence-electron chi connectivity index (χ3n) is 2.03. The first-order valence-electron chi connectivity index (χ1n) is 5.27. The molecule has 7 heteroatoms. The molecule has 1 aromatic carbocycles. The lowest BCUT2D eigenvalue weighted by Crippen LogP contribution is -2.08. The molecule has 0 atom stereocenters. The number of carbonyl (C=O) groups excluding carboxylic acids is 2. The molecule has 0 fully saturated rings. The van der Waals surface area contributed by atoms with Gasteiger partial charge >= 0.3 is 11.9 Å². The average Bonchev–Trinajstić information content (AvgIpc) is 2.83. The Morgan fingerprint density at radius 2 is 1.95 bits per heavy atom. The van der Waals surface area contributed by atoms with Gasteiger partial charge in [-0.25, -0.2) is 0 Å². The number of rotatable bonds is 3. The minimum atomic E-state index is -0.519. The molecule has 0 spiro atoms. The first-order valence-corrected chi connectivity index (χ1v) is 6.09. The van der Waals surface area contributed by atoms with Crippen LogP contribution in [0.25, 0.3) is 10.6 Å². The van der Waals surface area contributed by atoms with Gasteiger partial charge in [-0.3, -0.25) is 9.59 Å². The lowest BCUT2D eigenvalue weighted by Gasteiger charge is -2.11. The summed E-state index contributed by atoms with van der Waals surface area (Å²) in [5, 5.41) is 7.98. The maximum atomic E-state index is 11.2. The summed E-state index contributed by atoms with van der Waals surface area (Å²) in [4.78, 5) is 22.2. The van der Waals surface area contributed by atoms with Crippen molar-refractivity contribution in [3.63, 3.8) is 0 Å². The van der Waals surface area contributed by atoms with Crippen LogP contribution in [0.1, 0.15) is 13.8 Å². The van der Waals surface area contributed by atoms with E-state index in [1.54, 1.807) is 12.1 Å². The molecule has 1 aromatic heterocycles. The minimum Gasteiger partial charge on any atom is -0.423 e. The number of esters is 2. The third-order valence-corrected chi connectivity index (χ3v) is 2.70. The zero-order valence-electron chi connectivity index (χ0n) is 10.2. The second kappa shape index (κ2) is 5.57. The zero-order valence-corrected chi connectivity index (χ0v) is 11.0. The molecular weight excluding hydrogens is 268 g/mol. The van der Waals surface area contributed by atoms with Crippen LogP contribution >= 0.6 is 11.3 Å². The number of nitrogens with zero attached hydrogens (tertiary/aromatic N) is 2. The number of aromatic nitrogens is 2. The van der Waals surface area contributed by atoms with Gasteiger partial charge in [0.1, 0.15) is 0 Å². The smallest absolute Gasteiger partial charge is 0.308 e. The predicted molar refractivity (Wildman–Crippen MR) is 66.8 cm³/mol. The quantitative estimate of drug-likeness (QED) is 0.629. The van der Waals surface area contributed by atoms with E-state index in [4.69, 9.17) is 9.47 Å².